The third-order valence-electron chi connectivity index (χ3n) is 3.50. The molecule has 24 heavy (non-hydrogen) atoms. The van der Waals surface area contributed by atoms with E-state index in [-0.39, 0.29) is 5.97 Å². The number of nitrogens with one attached hydrogen (secondary N) is 1. The van der Waals surface area contributed by atoms with Gasteiger partial charge in [-0.2, -0.15) is 0 Å². The molecule has 0 fully saturated rings. The van der Waals surface area contributed by atoms with Crippen LogP contribution in [0.1, 0.15) is 54.4 Å². The summed E-state index contributed by atoms with van der Waals surface area (Å²) in [5, 5.41) is 12.5. The number of hydrogen-bond acceptors (Lipinski definition) is 6. The maximum atomic E-state index is 12.2. The lowest BCUT2D eigenvalue weighted by atomic mass is 9.89. The van der Waals surface area contributed by atoms with E-state index in [1.54, 1.807) is 34.6 Å². The lowest BCUT2D eigenvalue weighted by Crippen LogP contribution is -2.49. The first-order valence-electron chi connectivity index (χ1n) is 8.21. The van der Waals surface area contributed by atoms with Gasteiger partial charge in [-0.1, -0.05) is 0 Å². The lowest BCUT2D eigenvalue weighted by Gasteiger charge is -2.30. The number of aliphatic hydroxyl groups excluding tert-OH is 1. The van der Waals surface area contributed by atoms with E-state index < -0.39 is 23.3 Å². The van der Waals surface area contributed by atoms with Crippen LogP contribution in [0.4, 0.5) is 4.79 Å². The van der Waals surface area contributed by atoms with Crippen LogP contribution in [0.15, 0.2) is 10.5 Å². The minimum atomic E-state index is -0.704. The highest BCUT2D eigenvalue weighted by atomic mass is 32.2. The zero-order valence-electron chi connectivity index (χ0n) is 15.4. The lowest BCUT2D eigenvalue weighted by molar-refractivity contribution is -0.137. The van der Waals surface area contributed by atoms with Gasteiger partial charge in [0.15, 0.2) is 0 Å². The summed E-state index contributed by atoms with van der Waals surface area (Å²) in [6, 6.07) is 0. The number of ether oxygens (including phenoxy) is 2. The Kier molecular flexibility index (Phi) is 7.16. The van der Waals surface area contributed by atoms with Crippen molar-refractivity contribution in [2.24, 2.45) is 0 Å². The second kappa shape index (κ2) is 8.25. The van der Waals surface area contributed by atoms with E-state index in [0.29, 0.717) is 30.1 Å². The minimum absolute atomic E-state index is 0.294. The number of rotatable bonds is 6. The van der Waals surface area contributed by atoms with Crippen LogP contribution in [0.2, 0.25) is 0 Å². The molecule has 0 radical (unpaired) electrons. The van der Waals surface area contributed by atoms with Gasteiger partial charge >= 0.3 is 12.1 Å². The molecule has 1 aliphatic heterocycles. The van der Waals surface area contributed by atoms with Crippen LogP contribution < -0.4 is 5.32 Å². The topological polar surface area (TPSA) is 84.9 Å². The van der Waals surface area contributed by atoms with Crippen molar-refractivity contribution >= 4 is 23.8 Å². The Morgan fingerprint density at radius 1 is 1.42 bits per heavy atom. The van der Waals surface area contributed by atoms with Crippen LogP contribution in [0.25, 0.3) is 0 Å². The molecule has 2 atom stereocenters. The number of aliphatic hydroxyl groups is 1. The van der Waals surface area contributed by atoms with Gasteiger partial charge in [-0.05, 0) is 60.0 Å². The minimum Gasteiger partial charge on any atom is -0.462 e. The molecular weight excluding hydrogens is 330 g/mol. The summed E-state index contributed by atoms with van der Waals surface area (Å²) < 4.78 is 10.5. The van der Waals surface area contributed by atoms with Gasteiger partial charge < -0.3 is 19.9 Å². The highest BCUT2D eigenvalue weighted by Gasteiger charge is 2.42. The number of thioether (sulfide) groups is 1. The Labute approximate surface area is 148 Å². The first-order valence-corrected chi connectivity index (χ1v) is 9.20. The average molecular weight is 359 g/mol. The number of hydrogen-bond donors (Lipinski definition) is 2. The third-order valence-corrected chi connectivity index (χ3v) is 4.92. The molecule has 2 N–H and O–H groups in total. The van der Waals surface area contributed by atoms with Crippen molar-refractivity contribution in [2.45, 2.75) is 71.6 Å². The standard InChI is InChI=1S/C17H29NO5S/c1-7-22-14(20)13-12(9-8-11(2)19)17(6,10-24-13)18-15(21)23-16(3,4)5/h11,19H,7-10H2,1-6H3,(H,18,21)/t11-,17?/m1/s1. The summed E-state index contributed by atoms with van der Waals surface area (Å²) in [6.45, 7) is 11.0. The van der Waals surface area contributed by atoms with Crippen LogP contribution in [-0.2, 0) is 14.3 Å². The van der Waals surface area contributed by atoms with E-state index >= 15 is 0 Å². The van der Waals surface area contributed by atoms with Crippen LogP contribution in [0.3, 0.4) is 0 Å². The zero-order chi connectivity index (χ0) is 18.5. The Morgan fingerprint density at radius 3 is 2.54 bits per heavy atom. The van der Waals surface area contributed by atoms with Gasteiger partial charge in [0, 0.05) is 5.75 Å². The van der Waals surface area contributed by atoms with Crippen molar-refractivity contribution in [3.05, 3.63) is 10.5 Å². The predicted molar refractivity (Wildman–Crippen MR) is 94.8 cm³/mol. The SMILES string of the molecule is CCOC(=O)C1=C(CC[C@@H](C)O)C(C)(NC(=O)OC(C)(C)C)CS1. The highest BCUT2D eigenvalue weighted by molar-refractivity contribution is 8.04. The van der Waals surface area contributed by atoms with E-state index in [9.17, 15) is 14.7 Å². The fourth-order valence-electron chi connectivity index (χ4n) is 2.40. The summed E-state index contributed by atoms with van der Waals surface area (Å²) in [6.07, 6.45) is -0.00208. The van der Waals surface area contributed by atoms with Gasteiger partial charge in [0.05, 0.1) is 23.2 Å². The van der Waals surface area contributed by atoms with Crippen molar-refractivity contribution in [1.82, 2.24) is 5.32 Å². The second-order valence-corrected chi connectivity index (χ2v) is 8.15. The van der Waals surface area contributed by atoms with Gasteiger partial charge in [-0.25, -0.2) is 9.59 Å². The largest absolute Gasteiger partial charge is 0.462 e. The molecular formula is C17H29NO5S. The molecule has 1 rings (SSSR count). The summed E-state index contributed by atoms with van der Waals surface area (Å²) in [5.41, 5.74) is -0.512. The number of carbonyl (C=O) groups excluding carboxylic acids is 2. The molecule has 1 amide bonds. The first kappa shape index (κ1) is 20.8. The van der Waals surface area contributed by atoms with Crippen molar-refractivity contribution in [2.75, 3.05) is 12.4 Å². The quantitative estimate of drug-likeness (QED) is 0.709. The number of alkyl carbamates (subject to hydrolysis) is 1. The smallest absolute Gasteiger partial charge is 0.408 e. The third kappa shape index (κ3) is 6.02. The molecule has 1 unspecified atom stereocenters. The normalized spacial score (nSPS) is 22.3. The van der Waals surface area contributed by atoms with Crippen LogP contribution in [-0.4, -0.2) is 46.8 Å². The molecule has 6 nitrogen and oxygen atoms in total. The van der Waals surface area contributed by atoms with E-state index in [1.807, 2.05) is 6.92 Å². The fraction of sp³-hybridized carbons (Fsp3) is 0.765. The maximum absolute atomic E-state index is 12.2. The van der Waals surface area contributed by atoms with Crippen molar-refractivity contribution < 1.29 is 24.2 Å². The van der Waals surface area contributed by atoms with E-state index in [0.717, 1.165) is 5.57 Å². The Balaban J connectivity index is 3.01. The van der Waals surface area contributed by atoms with Gasteiger partial charge in [-0.15, -0.1) is 11.8 Å². The van der Waals surface area contributed by atoms with E-state index in [2.05, 4.69) is 5.32 Å². The second-order valence-electron chi connectivity index (χ2n) is 7.16. The van der Waals surface area contributed by atoms with Crippen LogP contribution >= 0.6 is 11.8 Å². The summed E-state index contributed by atoms with van der Waals surface area (Å²) in [5.74, 6) is 0.146. The van der Waals surface area contributed by atoms with Gasteiger partial charge in [0.1, 0.15) is 5.60 Å². The molecule has 1 aliphatic rings. The van der Waals surface area contributed by atoms with Crippen molar-refractivity contribution in [1.29, 1.82) is 0 Å². The number of carbonyl (C=O) groups is 2. The molecule has 138 valence electrons. The van der Waals surface area contributed by atoms with Gasteiger partial charge in [0.2, 0.25) is 0 Å². The molecule has 0 saturated carbocycles. The Hall–Kier alpha value is -1.21. The molecule has 0 aromatic heterocycles. The number of esters is 1. The van der Waals surface area contributed by atoms with Gasteiger partial charge in [-0.3, -0.25) is 0 Å². The molecule has 7 heteroatoms. The first-order chi connectivity index (χ1) is 11.0. The summed E-state index contributed by atoms with van der Waals surface area (Å²) in [7, 11) is 0. The van der Waals surface area contributed by atoms with Gasteiger partial charge in [0.25, 0.3) is 0 Å². The molecule has 0 aromatic carbocycles. The number of amides is 1. The Morgan fingerprint density at radius 2 is 2.04 bits per heavy atom. The molecule has 0 aromatic rings. The molecule has 0 bridgehead atoms. The maximum Gasteiger partial charge on any atom is 0.408 e. The molecule has 0 spiro atoms. The van der Waals surface area contributed by atoms with Crippen molar-refractivity contribution in [3.8, 4) is 0 Å². The summed E-state index contributed by atoms with van der Waals surface area (Å²) in [4.78, 5) is 24.9. The average Bonchev–Trinajstić information content (AvgIpc) is 2.70. The zero-order valence-corrected chi connectivity index (χ0v) is 16.2. The molecule has 0 aliphatic carbocycles. The molecule has 0 saturated heterocycles. The van der Waals surface area contributed by atoms with Crippen LogP contribution in [0, 0.1) is 0 Å². The molecule has 1 heterocycles. The monoisotopic (exact) mass is 359 g/mol. The Bertz CT molecular complexity index is 510. The summed E-state index contributed by atoms with van der Waals surface area (Å²) >= 11 is 1.37. The van der Waals surface area contributed by atoms with Crippen molar-refractivity contribution in [3.63, 3.8) is 0 Å². The predicted octanol–water partition coefficient (Wildman–Crippen LogP) is 2.99. The van der Waals surface area contributed by atoms with E-state index in [1.165, 1.54) is 11.8 Å². The van der Waals surface area contributed by atoms with E-state index in [4.69, 9.17) is 9.47 Å². The fourth-order valence-corrected chi connectivity index (χ4v) is 3.76. The highest BCUT2D eigenvalue weighted by Crippen LogP contribution is 2.42. The van der Waals surface area contributed by atoms with Crippen LogP contribution in [0.5, 0.6) is 0 Å².